The molecule has 17 rings (SSSR count). The molecule has 2 fully saturated rings. The van der Waals surface area contributed by atoms with Gasteiger partial charge < -0.3 is 74.9 Å². The molecule has 30 nitrogen and oxygen atoms in total. The number of H-pyrrole nitrogens is 2. The lowest BCUT2D eigenvalue weighted by molar-refractivity contribution is 0.00578. The lowest BCUT2D eigenvalue weighted by Gasteiger charge is -2.32. The van der Waals surface area contributed by atoms with E-state index in [0.29, 0.717) is 123 Å². The summed E-state index contributed by atoms with van der Waals surface area (Å²) >= 11 is 0. The minimum absolute atomic E-state index is 0.140. The highest BCUT2D eigenvalue weighted by atomic mass is 28.3. The molecule has 0 aliphatic carbocycles. The molecule has 10 heterocycles. The van der Waals surface area contributed by atoms with Crippen molar-refractivity contribution in [2.75, 3.05) is 86.0 Å². The number of carbonyl (C=O) groups is 3. The third kappa shape index (κ3) is 20.9. The molecule has 0 bridgehead atoms. The number of nitrogens with two attached hydrogens (primary N) is 3. The lowest BCUT2D eigenvalue weighted by Crippen LogP contribution is -2.41. The highest BCUT2D eigenvalue weighted by molar-refractivity contribution is 6.76. The van der Waals surface area contributed by atoms with Crippen LogP contribution >= 0.6 is 0 Å². The Labute approximate surface area is 769 Å². The van der Waals surface area contributed by atoms with Crippen molar-refractivity contribution in [1.29, 1.82) is 0 Å². The molecule has 7 aromatic carbocycles. The van der Waals surface area contributed by atoms with Crippen molar-refractivity contribution in [3.8, 4) is 101 Å². The van der Waals surface area contributed by atoms with Gasteiger partial charge in [0.2, 0.25) is 0 Å². The van der Waals surface area contributed by atoms with Crippen LogP contribution in [0.2, 0.25) is 51.4 Å². The molecular formula is C97H107BF3N17O13Si2. The number of likely N-dealkylation sites (N-methyl/N-ethyl adjacent to an activating group) is 1. The Morgan fingerprint density at radius 1 is 0.496 bits per heavy atom. The van der Waals surface area contributed by atoms with E-state index in [9.17, 15) is 37.8 Å². The number of nitrogens with zero attached hydrogens (tertiary/aromatic N) is 12. The topological polar surface area (TPSA) is 395 Å². The molecule has 1 atom stereocenters. The average molecular weight is 1840 g/mol. The zero-order valence-corrected chi connectivity index (χ0v) is 79.0. The number of aromatic amines is 2. The number of ether oxygens (including phenoxy) is 6. The van der Waals surface area contributed by atoms with E-state index in [-0.39, 0.29) is 41.1 Å². The van der Waals surface area contributed by atoms with Crippen LogP contribution in [0.15, 0.2) is 183 Å². The fourth-order valence-corrected chi connectivity index (χ4v) is 16.9. The van der Waals surface area contributed by atoms with Crippen LogP contribution in [0, 0.1) is 17.5 Å². The highest BCUT2D eigenvalue weighted by Gasteiger charge is 2.52. The van der Waals surface area contributed by atoms with Crippen molar-refractivity contribution >= 4 is 108 Å². The van der Waals surface area contributed by atoms with Crippen molar-refractivity contribution in [3.63, 3.8) is 0 Å². The average Bonchev–Trinajstić information content (AvgIpc) is 1.60. The SMILES string of the molecule is COc1ccccc1-c1[nH]nc2ncc(-c3cc(F)c(N)c(C(=O)N4CCC(N(C)C)C4)c3)cc12.COc1ccccc1-c1[nH]nc2ncc(-c3cc(F)c(N)c(C(=O)O)c3)cc12.COc1ccccc1-c1nn(COCC[Si](C)(C)C)c2ncc(-c3cc(F)c(N)c(C(=O)O)c3)cc12.COc1ccccc1-c1nn(COCC[Si](C)(C)C)c2ncc(B3OC(C)(C)C(C)(C)O3)cc12. The largest absolute Gasteiger partial charge is 0.496 e. The molecule has 1 unspecified atom stereocenters. The molecule has 690 valence electrons. The van der Waals surface area contributed by atoms with Gasteiger partial charge >= 0.3 is 19.1 Å². The molecule has 1 amide bonds. The molecule has 8 aromatic heterocycles. The molecule has 133 heavy (non-hydrogen) atoms. The fourth-order valence-electron chi connectivity index (χ4n) is 15.3. The molecule has 36 heteroatoms. The van der Waals surface area contributed by atoms with Gasteiger partial charge in [-0.05, 0) is 186 Å². The van der Waals surface area contributed by atoms with E-state index in [0.717, 1.165) is 79.8 Å². The molecule has 15 aromatic rings. The number of carboxylic acid groups (broad SMARTS) is 2. The lowest BCUT2D eigenvalue weighted by atomic mass is 9.80. The maximum atomic E-state index is 14.9. The number of carboxylic acids is 2. The van der Waals surface area contributed by atoms with Gasteiger partial charge in [0, 0.05) is 139 Å². The predicted octanol–water partition coefficient (Wildman–Crippen LogP) is 17.7. The van der Waals surface area contributed by atoms with Gasteiger partial charge in [-0.15, -0.1) is 0 Å². The maximum Gasteiger partial charge on any atom is 0.496 e. The molecule has 0 radical (unpaired) electrons. The summed E-state index contributed by atoms with van der Waals surface area (Å²) in [6, 6.07) is 48.4. The molecule has 0 spiro atoms. The molecule has 0 saturated carbocycles. The second kappa shape index (κ2) is 39.7. The number of hydrogen-bond acceptors (Lipinski definition) is 23. The number of anilines is 3. The number of rotatable bonds is 26. The summed E-state index contributed by atoms with van der Waals surface area (Å²) in [6.07, 6.45) is 7.37. The van der Waals surface area contributed by atoms with Gasteiger partial charge in [-0.1, -0.05) is 87.8 Å². The number of likely N-dealkylation sites (tertiary alicyclic amines) is 1. The van der Waals surface area contributed by atoms with Crippen LogP contribution in [-0.2, 0) is 32.2 Å². The maximum absolute atomic E-state index is 14.9. The number of aromatic carboxylic acids is 2. The summed E-state index contributed by atoms with van der Waals surface area (Å²) in [5, 5.41) is 45.9. The van der Waals surface area contributed by atoms with E-state index in [1.165, 1.54) is 36.5 Å². The Bertz CT molecular complexity index is 6840. The van der Waals surface area contributed by atoms with E-state index in [1.807, 2.05) is 134 Å². The number of halogens is 3. The molecular weight excluding hydrogens is 1740 g/mol. The summed E-state index contributed by atoms with van der Waals surface area (Å²) < 4.78 is 93.6. The monoisotopic (exact) mass is 1840 g/mol. The second-order valence-electron chi connectivity index (χ2n) is 35.9. The molecule has 2 saturated heterocycles. The highest BCUT2D eigenvalue weighted by Crippen LogP contribution is 2.43. The van der Waals surface area contributed by atoms with Gasteiger partial charge in [0.05, 0.1) is 84.8 Å². The third-order valence-corrected chi connectivity index (χ3v) is 27.1. The van der Waals surface area contributed by atoms with Gasteiger partial charge in [0.1, 0.15) is 65.3 Å². The van der Waals surface area contributed by atoms with Crippen LogP contribution in [0.1, 0.15) is 65.2 Å². The quantitative estimate of drug-likeness (QED) is 0.0150. The van der Waals surface area contributed by atoms with Crippen molar-refractivity contribution < 1.29 is 75.5 Å². The van der Waals surface area contributed by atoms with Crippen LogP contribution in [-0.4, -0.2) is 207 Å². The van der Waals surface area contributed by atoms with Crippen LogP contribution in [0.4, 0.5) is 30.2 Å². The number of hydrogen-bond donors (Lipinski definition) is 7. The first-order valence-electron chi connectivity index (χ1n) is 43.0. The molecule has 2 aliphatic heterocycles. The fraction of sp³-hybridized carbons (Fsp3) is 0.289. The van der Waals surface area contributed by atoms with Gasteiger partial charge in [-0.2, -0.15) is 20.4 Å². The van der Waals surface area contributed by atoms with Crippen molar-refractivity contribution in [1.82, 2.24) is 69.7 Å². The van der Waals surface area contributed by atoms with E-state index in [1.54, 1.807) is 62.5 Å². The summed E-state index contributed by atoms with van der Waals surface area (Å²) in [6.45, 7) is 25.2. The number of aromatic nitrogens is 12. The Morgan fingerprint density at radius 3 is 1.25 bits per heavy atom. The standard InChI is InChI=1S/C26H27FN6O2.C26H29FN4O4Si.C25H36BN3O4Si.C20H15FN4O3/c1-32(2)17-8-9-33(14-17)26(34)19-10-15(12-21(27)23(19)28)16-11-20-24(30-31-25(20)29-13-16)18-6-4-5-7-22(18)35-3;1-34-22-8-6-5-7-18(22)24-20-12-17(16-11-19(26(32)33)23(28)21(27)13-16)14-29-25(20)31(30-24)15-35-9-10-36(2,3)4;1-24(2)25(3,4)33-26(32-24)18-15-20-22(19-11-9-10-12-21(19)30-5)28-29(23(20)27-16-18)17-31-13-14-34(6,7)8;1-28-16-5-3-2-4-12(16)18-14-7-11(9-23-19(14)25-24-18)10-6-13(20(26)27)17(22)15(21)8-10/h4-7,10-13,17H,8-9,14,28H2,1-3H3,(H,29,30,31);5-8,11-14H,9-10,15,28H2,1-4H3,(H,32,33);9-12,15-16H,13-14,17H2,1-8H3;2-9H,22H2,1H3,(H,26,27)(H,23,24,25). The number of para-hydroxylation sites is 4. The summed E-state index contributed by atoms with van der Waals surface area (Å²) in [5.41, 5.74) is 27.2. The Morgan fingerprint density at radius 2 is 0.857 bits per heavy atom. The van der Waals surface area contributed by atoms with Crippen molar-refractivity contribution in [3.05, 3.63) is 217 Å². The normalized spacial score (nSPS) is 14.1. The van der Waals surface area contributed by atoms with Crippen molar-refractivity contribution in [2.24, 2.45) is 0 Å². The number of amides is 1. The first kappa shape index (κ1) is 95.2. The van der Waals surface area contributed by atoms with Gasteiger partial charge in [0.15, 0.2) is 22.6 Å². The number of methoxy groups -OCH3 is 4. The van der Waals surface area contributed by atoms with Gasteiger partial charge in [0.25, 0.3) is 5.91 Å². The predicted molar refractivity (Wildman–Crippen MR) is 516 cm³/mol. The summed E-state index contributed by atoms with van der Waals surface area (Å²) in [4.78, 5) is 58.1. The van der Waals surface area contributed by atoms with Gasteiger partial charge in [-0.3, -0.25) is 15.0 Å². The number of nitrogens with one attached hydrogen (secondary N) is 2. The number of fused-ring (bicyclic) bond motifs is 4. The Balaban J connectivity index is 0.000000143. The molecule has 2 aliphatic rings. The number of nitrogen functional groups attached to an aromatic ring is 3. The van der Waals surface area contributed by atoms with E-state index in [4.69, 9.17) is 70.1 Å². The smallest absolute Gasteiger partial charge is 0.496 e. The third-order valence-electron chi connectivity index (χ3n) is 23.7. The van der Waals surface area contributed by atoms with Crippen LogP contribution in [0.3, 0.4) is 0 Å². The van der Waals surface area contributed by atoms with E-state index in [2.05, 4.69) is 113 Å². The zero-order chi connectivity index (χ0) is 95.3. The second-order valence-corrected chi connectivity index (χ2v) is 47.2. The number of benzene rings is 7. The van der Waals surface area contributed by atoms with E-state index >= 15 is 0 Å². The van der Waals surface area contributed by atoms with Gasteiger partial charge in [-0.25, -0.2) is 52.1 Å². The molecule has 10 N–H and O–H groups in total. The minimum atomic E-state index is -1.31. The first-order chi connectivity index (χ1) is 63.4. The van der Waals surface area contributed by atoms with Crippen molar-refractivity contribution in [2.45, 2.75) is 116 Å². The summed E-state index contributed by atoms with van der Waals surface area (Å²) in [7, 11) is 7.52. The number of carbonyl (C=O) groups excluding carboxylic acids is 1. The minimum Gasteiger partial charge on any atom is -0.496 e. The van der Waals surface area contributed by atoms with Crippen LogP contribution in [0.5, 0.6) is 23.0 Å². The Kier molecular flexibility index (Phi) is 28.4. The Hall–Kier alpha value is -13.9. The van der Waals surface area contributed by atoms with Crippen LogP contribution in [0.25, 0.3) is 123 Å². The summed E-state index contributed by atoms with van der Waals surface area (Å²) in [5.74, 6) is -2.36. The number of pyridine rings is 4. The first-order valence-corrected chi connectivity index (χ1v) is 50.4. The van der Waals surface area contributed by atoms with E-state index < -0.39 is 75.2 Å². The zero-order valence-electron chi connectivity index (χ0n) is 77.0. The van der Waals surface area contributed by atoms with Crippen LogP contribution < -0.4 is 41.6 Å².